The third kappa shape index (κ3) is 4.53. The van der Waals surface area contributed by atoms with Gasteiger partial charge in [-0.3, -0.25) is 4.90 Å². The van der Waals surface area contributed by atoms with Crippen LogP contribution in [0.2, 0.25) is 0 Å². The molecule has 0 radical (unpaired) electrons. The van der Waals surface area contributed by atoms with Gasteiger partial charge in [-0.25, -0.2) is 4.39 Å². The molecule has 1 unspecified atom stereocenters. The lowest BCUT2D eigenvalue weighted by Crippen LogP contribution is -2.44. The van der Waals surface area contributed by atoms with Crippen LogP contribution in [0.25, 0.3) is 0 Å². The van der Waals surface area contributed by atoms with Gasteiger partial charge in [-0.1, -0.05) is 17.9 Å². The van der Waals surface area contributed by atoms with E-state index < -0.39 is 0 Å². The second kappa shape index (κ2) is 7.56. The number of piperidine rings is 1. The Kier molecular flexibility index (Phi) is 5.75. The summed E-state index contributed by atoms with van der Waals surface area (Å²) < 4.78 is 13.7. The Labute approximate surface area is 126 Å². The molecule has 4 heteroatoms. The van der Waals surface area contributed by atoms with Crippen LogP contribution in [0.5, 0.6) is 0 Å². The molecule has 1 fully saturated rings. The highest BCUT2D eigenvalue weighted by molar-refractivity contribution is 5.38. The van der Waals surface area contributed by atoms with Gasteiger partial charge >= 0.3 is 0 Å². The minimum absolute atomic E-state index is 0.248. The number of hydrogen-bond acceptors (Lipinski definition) is 3. The predicted octanol–water partition coefficient (Wildman–Crippen LogP) is 1.66. The summed E-state index contributed by atoms with van der Waals surface area (Å²) in [7, 11) is 4.30. The van der Waals surface area contributed by atoms with Crippen LogP contribution in [0.15, 0.2) is 18.2 Å². The Hall–Kier alpha value is -1.41. The Bertz CT molecular complexity index is 533. The van der Waals surface area contributed by atoms with E-state index in [9.17, 15) is 4.39 Å². The van der Waals surface area contributed by atoms with Crippen molar-refractivity contribution in [3.8, 4) is 11.8 Å². The molecule has 0 aliphatic carbocycles. The monoisotopic (exact) mass is 289 g/mol. The fraction of sp³-hybridized carbons (Fsp3) is 0.529. The lowest BCUT2D eigenvalue weighted by molar-refractivity contribution is 0.129. The molecule has 1 aliphatic heterocycles. The van der Waals surface area contributed by atoms with Gasteiger partial charge < -0.3 is 10.6 Å². The van der Waals surface area contributed by atoms with Crippen molar-refractivity contribution in [3.63, 3.8) is 0 Å². The zero-order valence-corrected chi connectivity index (χ0v) is 12.9. The SMILES string of the molecule is CN1CCCC(N(C)Cc2ccc(F)c(C#CCN)c2)C1. The molecule has 1 aromatic carbocycles. The van der Waals surface area contributed by atoms with E-state index >= 15 is 0 Å². The van der Waals surface area contributed by atoms with E-state index in [1.165, 1.54) is 25.5 Å². The highest BCUT2D eigenvalue weighted by atomic mass is 19.1. The summed E-state index contributed by atoms with van der Waals surface area (Å²) in [5.74, 6) is 5.23. The van der Waals surface area contributed by atoms with Gasteiger partial charge in [0.2, 0.25) is 0 Å². The summed E-state index contributed by atoms with van der Waals surface area (Å²) in [5.41, 5.74) is 6.88. The molecule has 1 aromatic rings. The number of nitrogens with zero attached hydrogens (tertiary/aromatic N) is 2. The standard InChI is InChI=1S/C17H24FN3/c1-20-10-4-6-16(13-20)21(2)12-14-7-8-17(18)15(11-14)5-3-9-19/h7-8,11,16H,4,6,9-10,12-13,19H2,1-2H3. The van der Waals surface area contributed by atoms with Crippen LogP contribution in [0.3, 0.4) is 0 Å². The molecule has 1 atom stereocenters. The summed E-state index contributed by atoms with van der Waals surface area (Å²) in [5, 5.41) is 0. The number of nitrogens with two attached hydrogens (primary N) is 1. The number of likely N-dealkylation sites (tertiary alicyclic amines) is 1. The number of benzene rings is 1. The summed E-state index contributed by atoms with van der Waals surface area (Å²) >= 11 is 0. The third-order valence-corrected chi connectivity index (χ3v) is 4.01. The first kappa shape index (κ1) is 16.0. The maximum Gasteiger partial charge on any atom is 0.138 e. The van der Waals surface area contributed by atoms with Crippen LogP contribution in [-0.2, 0) is 6.54 Å². The van der Waals surface area contributed by atoms with Crippen molar-refractivity contribution in [2.24, 2.45) is 5.73 Å². The number of rotatable bonds is 3. The van der Waals surface area contributed by atoms with Gasteiger partial charge in [-0.15, -0.1) is 0 Å². The lowest BCUT2D eigenvalue weighted by atomic mass is 10.0. The first-order valence-corrected chi connectivity index (χ1v) is 7.46. The number of halogens is 1. The van der Waals surface area contributed by atoms with E-state index in [0.717, 1.165) is 18.7 Å². The summed E-state index contributed by atoms with van der Waals surface area (Å²) in [6.45, 7) is 3.34. The highest BCUT2D eigenvalue weighted by Crippen LogP contribution is 2.17. The van der Waals surface area contributed by atoms with Gasteiger partial charge in [0.1, 0.15) is 5.82 Å². The molecule has 21 heavy (non-hydrogen) atoms. The molecule has 0 spiro atoms. The zero-order valence-electron chi connectivity index (χ0n) is 12.9. The van der Waals surface area contributed by atoms with Gasteiger partial charge in [-0.2, -0.15) is 0 Å². The fourth-order valence-corrected chi connectivity index (χ4v) is 2.83. The van der Waals surface area contributed by atoms with Crippen molar-refractivity contribution in [3.05, 3.63) is 35.1 Å². The first-order chi connectivity index (χ1) is 10.1. The van der Waals surface area contributed by atoms with Crippen molar-refractivity contribution in [2.75, 3.05) is 33.7 Å². The number of hydrogen-bond donors (Lipinski definition) is 1. The van der Waals surface area contributed by atoms with Crippen molar-refractivity contribution in [1.82, 2.24) is 9.80 Å². The zero-order chi connectivity index (χ0) is 15.2. The van der Waals surface area contributed by atoms with E-state index in [4.69, 9.17) is 5.73 Å². The molecule has 0 amide bonds. The molecular formula is C17H24FN3. The Morgan fingerprint density at radius 2 is 2.29 bits per heavy atom. The molecular weight excluding hydrogens is 265 g/mol. The van der Waals surface area contributed by atoms with Crippen molar-refractivity contribution >= 4 is 0 Å². The Morgan fingerprint density at radius 1 is 1.48 bits per heavy atom. The average Bonchev–Trinajstić information content (AvgIpc) is 2.47. The van der Waals surface area contributed by atoms with Crippen molar-refractivity contribution in [1.29, 1.82) is 0 Å². The minimum atomic E-state index is -0.278. The molecule has 1 heterocycles. The summed E-state index contributed by atoms with van der Waals surface area (Å²) in [4.78, 5) is 4.72. The average molecular weight is 289 g/mol. The maximum atomic E-state index is 13.7. The van der Waals surface area contributed by atoms with Crippen molar-refractivity contribution < 1.29 is 4.39 Å². The Balaban J connectivity index is 2.05. The summed E-state index contributed by atoms with van der Waals surface area (Å²) in [6.07, 6.45) is 2.46. The van der Waals surface area contributed by atoms with Crippen LogP contribution >= 0.6 is 0 Å². The Morgan fingerprint density at radius 3 is 3.00 bits per heavy atom. The normalized spacial score (nSPS) is 19.4. The van der Waals surface area contributed by atoms with Crippen LogP contribution < -0.4 is 5.73 Å². The van der Waals surface area contributed by atoms with Gasteiger partial charge in [0.05, 0.1) is 12.1 Å². The van der Waals surface area contributed by atoms with E-state index in [0.29, 0.717) is 11.6 Å². The molecule has 2 N–H and O–H groups in total. The molecule has 2 rings (SSSR count). The second-order valence-electron chi connectivity index (χ2n) is 5.79. The van der Waals surface area contributed by atoms with E-state index in [1.54, 1.807) is 0 Å². The van der Waals surface area contributed by atoms with Gasteiger partial charge in [0.15, 0.2) is 0 Å². The smallest absolute Gasteiger partial charge is 0.138 e. The summed E-state index contributed by atoms with van der Waals surface area (Å²) in [6, 6.07) is 5.73. The third-order valence-electron chi connectivity index (χ3n) is 4.01. The van der Waals surface area contributed by atoms with E-state index in [1.807, 2.05) is 12.1 Å². The molecule has 0 bridgehead atoms. The van der Waals surface area contributed by atoms with Crippen LogP contribution in [0.4, 0.5) is 4.39 Å². The van der Waals surface area contributed by atoms with Gasteiger partial charge in [-0.05, 0) is 51.2 Å². The highest BCUT2D eigenvalue weighted by Gasteiger charge is 2.21. The molecule has 0 aromatic heterocycles. The fourth-order valence-electron chi connectivity index (χ4n) is 2.83. The van der Waals surface area contributed by atoms with Crippen LogP contribution in [-0.4, -0.2) is 49.6 Å². The number of likely N-dealkylation sites (N-methyl/N-ethyl adjacent to an activating group) is 2. The molecule has 1 saturated heterocycles. The van der Waals surface area contributed by atoms with Gasteiger partial charge in [0.25, 0.3) is 0 Å². The topological polar surface area (TPSA) is 32.5 Å². The molecule has 3 nitrogen and oxygen atoms in total. The van der Waals surface area contributed by atoms with E-state index in [2.05, 4.69) is 35.7 Å². The van der Waals surface area contributed by atoms with E-state index in [-0.39, 0.29) is 12.4 Å². The van der Waals surface area contributed by atoms with Crippen LogP contribution in [0, 0.1) is 17.7 Å². The minimum Gasteiger partial charge on any atom is -0.320 e. The molecule has 114 valence electrons. The predicted molar refractivity (Wildman–Crippen MR) is 84.3 cm³/mol. The second-order valence-corrected chi connectivity index (χ2v) is 5.79. The maximum absolute atomic E-state index is 13.7. The largest absolute Gasteiger partial charge is 0.320 e. The molecule has 1 aliphatic rings. The quantitative estimate of drug-likeness (QED) is 0.859. The first-order valence-electron chi connectivity index (χ1n) is 7.46. The lowest BCUT2D eigenvalue weighted by Gasteiger charge is -2.35. The molecule has 0 saturated carbocycles. The van der Waals surface area contributed by atoms with Crippen LogP contribution in [0.1, 0.15) is 24.0 Å². The van der Waals surface area contributed by atoms with Gasteiger partial charge in [0, 0.05) is 19.1 Å². The van der Waals surface area contributed by atoms with Crippen molar-refractivity contribution in [2.45, 2.75) is 25.4 Å².